The van der Waals surface area contributed by atoms with Gasteiger partial charge in [0.05, 0.1) is 6.61 Å². The quantitative estimate of drug-likeness (QED) is 0.409. The van der Waals surface area contributed by atoms with Gasteiger partial charge in [-0.05, 0) is 51.5 Å². The van der Waals surface area contributed by atoms with Gasteiger partial charge in [0.15, 0.2) is 0 Å². The molecule has 19 heavy (non-hydrogen) atoms. The number of benzene rings is 1. The molecule has 0 N–H and O–H groups in total. The van der Waals surface area contributed by atoms with Gasteiger partial charge in [-0.1, -0.05) is 30.3 Å². The zero-order valence-corrected chi connectivity index (χ0v) is 11.8. The van der Waals surface area contributed by atoms with E-state index in [2.05, 4.69) is 19.0 Å². The summed E-state index contributed by atoms with van der Waals surface area (Å²) in [5.74, 6) is -0.267. The van der Waals surface area contributed by atoms with Gasteiger partial charge in [0.2, 0.25) is 0 Å². The number of esters is 1. The molecule has 0 heterocycles. The van der Waals surface area contributed by atoms with Gasteiger partial charge in [-0.2, -0.15) is 0 Å². The highest BCUT2D eigenvalue weighted by atomic mass is 16.5. The van der Waals surface area contributed by atoms with Gasteiger partial charge in [0.1, 0.15) is 0 Å². The van der Waals surface area contributed by atoms with Crippen LogP contribution in [0.2, 0.25) is 0 Å². The van der Waals surface area contributed by atoms with E-state index in [0.29, 0.717) is 6.61 Å². The van der Waals surface area contributed by atoms with Crippen molar-refractivity contribution < 1.29 is 9.53 Å². The Balaban J connectivity index is 2.10. The van der Waals surface area contributed by atoms with Crippen LogP contribution in [0.4, 0.5) is 0 Å². The van der Waals surface area contributed by atoms with E-state index in [-0.39, 0.29) is 5.97 Å². The van der Waals surface area contributed by atoms with Crippen LogP contribution in [0.3, 0.4) is 0 Å². The molecule has 0 aliphatic heterocycles. The molecule has 3 nitrogen and oxygen atoms in total. The standard InChI is InChI=1S/C16H23NO2/c1-17(2)13-7-4-8-14-19-16(18)12-11-15-9-5-3-6-10-15/h3,5-6,9-12H,4,7-8,13-14H2,1-2H3/b12-11+. The molecule has 3 heteroatoms. The fourth-order valence-electron chi connectivity index (χ4n) is 1.66. The Morgan fingerprint density at radius 1 is 1.16 bits per heavy atom. The lowest BCUT2D eigenvalue weighted by Crippen LogP contribution is -2.13. The van der Waals surface area contributed by atoms with E-state index in [4.69, 9.17) is 4.74 Å². The van der Waals surface area contributed by atoms with Crippen LogP contribution < -0.4 is 0 Å². The van der Waals surface area contributed by atoms with Gasteiger partial charge < -0.3 is 9.64 Å². The molecule has 0 atom stereocenters. The third kappa shape index (κ3) is 8.16. The number of nitrogens with zero attached hydrogens (tertiary/aromatic N) is 1. The molecule has 0 saturated carbocycles. The van der Waals surface area contributed by atoms with Crippen LogP contribution in [0.15, 0.2) is 36.4 Å². The zero-order valence-electron chi connectivity index (χ0n) is 11.8. The first kappa shape index (κ1) is 15.4. The molecular formula is C16H23NO2. The number of ether oxygens (including phenoxy) is 1. The van der Waals surface area contributed by atoms with Crippen molar-refractivity contribution in [3.05, 3.63) is 42.0 Å². The molecule has 0 spiro atoms. The average Bonchev–Trinajstić information content (AvgIpc) is 2.41. The SMILES string of the molecule is CN(C)CCCCCOC(=O)/C=C/c1ccccc1. The van der Waals surface area contributed by atoms with Crippen LogP contribution >= 0.6 is 0 Å². The van der Waals surface area contributed by atoms with Gasteiger partial charge in [-0.15, -0.1) is 0 Å². The first-order valence-corrected chi connectivity index (χ1v) is 6.73. The summed E-state index contributed by atoms with van der Waals surface area (Å²) in [6, 6.07) is 9.73. The van der Waals surface area contributed by atoms with Crippen molar-refractivity contribution in [2.24, 2.45) is 0 Å². The lowest BCUT2D eigenvalue weighted by Gasteiger charge is -2.08. The topological polar surface area (TPSA) is 29.5 Å². The minimum absolute atomic E-state index is 0.267. The van der Waals surface area contributed by atoms with Crippen LogP contribution in [0.25, 0.3) is 6.08 Å². The molecule has 0 unspecified atom stereocenters. The predicted molar refractivity (Wildman–Crippen MR) is 78.8 cm³/mol. The highest BCUT2D eigenvalue weighted by Gasteiger charge is 1.97. The number of unbranched alkanes of at least 4 members (excludes halogenated alkanes) is 2. The molecule has 0 aliphatic carbocycles. The van der Waals surface area contributed by atoms with E-state index in [1.807, 2.05) is 30.3 Å². The molecule has 1 aromatic carbocycles. The van der Waals surface area contributed by atoms with E-state index in [0.717, 1.165) is 31.4 Å². The summed E-state index contributed by atoms with van der Waals surface area (Å²) >= 11 is 0. The molecule has 1 aromatic rings. The highest BCUT2D eigenvalue weighted by molar-refractivity contribution is 5.86. The highest BCUT2D eigenvalue weighted by Crippen LogP contribution is 2.02. The first-order chi connectivity index (χ1) is 9.18. The number of carbonyl (C=O) groups is 1. The maximum atomic E-state index is 11.4. The molecule has 0 aliphatic rings. The van der Waals surface area contributed by atoms with E-state index in [9.17, 15) is 4.79 Å². The van der Waals surface area contributed by atoms with E-state index in [1.54, 1.807) is 6.08 Å². The maximum Gasteiger partial charge on any atom is 0.330 e. The molecule has 0 saturated heterocycles. The van der Waals surface area contributed by atoms with Crippen molar-refractivity contribution in [3.63, 3.8) is 0 Å². The Morgan fingerprint density at radius 3 is 2.58 bits per heavy atom. The minimum atomic E-state index is -0.267. The number of carbonyl (C=O) groups excluding carboxylic acids is 1. The van der Waals surface area contributed by atoms with Crippen LogP contribution in [0, 0.1) is 0 Å². The van der Waals surface area contributed by atoms with Crippen molar-refractivity contribution in [1.82, 2.24) is 4.90 Å². The third-order valence-corrected chi connectivity index (χ3v) is 2.71. The van der Waals surface area contributed by atoms with Crippen molar-refractivity contribution in [1.29, 1.82) is 0 Å². The second kappa shape index (κ2) is 9.34. The predicted octanol–water partition coefficient (Wildman–Crippen LogP) is 2.97. The van der Waals surface area contributed by atoms with Crippen LogP contribution in [-0.4, -0.2) is 38.1 Å². The van der Waals surface area contributed by atoms with Gasteiger partial charge in [-0.3, -0.25) is 0 Å². The molecular weight excluding hydrogens is 238 g/mol. The summed E-state index contributed by atoms with van der Waals surface area (Å²) < 4.78 is 5.13. The smallest absolute Gasteiger partial charge is 0.330 e. The van der Waals surface area contributed by atoms with Crippen molar-refractivity contribution >= 4 is 12.0 Å². The molecule has 104 valence electrons. The monoisotopic (exact) mass is 261 g/mol. The number of hydrogen-bond donors (Lipinski definition) is 0. The Bertz CT molecular complexity index is 385. The number of rotatable bonds is 8. The Morgan fingerprint density at radius 2 is 1.89 bits per heavy atom. The lowest BCUT2D eigenvalue weighted by molar-refractivity contribution is -0.137. The summed E-state index contributed by atoms with van der Waals surface area (Å²) in [6.45, 7) is 1.59. The molecule has 0 aromatic heterocycles. The van der Waals surface area contributed by atoms with E-state index in [1.165, 1.54) is 6.08 Å². The van der Waals surface area contributed by atoms with Crippen LogP contribution in [0.5, 0.6) is 0 Å². The molecule has 0 amide bonds. The van der Waals surface area contributed by atoms with Crippen molar-refractivity contribution in [3.8, 4) is 0 Å². The largest absolute Gasteiger partial charge is 0.463 e. The zero-order chi connectivity index (χ0) is 13.9. The van der Waals surface area contributed by atoms with Gasteiger partial charge in [0, 0.05) is 6.08 Å². The van der Waals surface area contributed by atoms with Crippen molar-refractivity contribution in [2.75, 3.05) is 27.2 Å². The molecule has 1 rings (SSSR count). The lowest BCUT2D eigenvalue weighted by atomic mass is 10.2. The van der Waals surface area contributed by atoms with E-state index >= 15 is 0 Å². The Labute approximate surface area is 115 Å². The number of hydrogen-bond acceptors (Lipinski definition) is 3. The summed E-state index contributed by atoms with van der Waals surface area (Å²) in [4.78, 5) is 13.6. The maximum absolute atomic E-state index is 11.4. The first-order valence-electron chi connectivity index (χ1n) is 6.73. The fourth-order valence-corrected chi connectivity index (χ4v) is 1.66. The second-order valence-electron chi connectivity index (χ2n) is 4.78. The van der Waals surface area contributed by atoms with E-state index < -0.39 is 0 Å². The average molecular weight is 261 g/mol. The summed E-state index contributed by atoms with van der Waals surface area (Å²) in [5.41, 5.74) is 1.01. The van der Waals surface area contributed by atoms with Gasteiger partial charge in [0.25, 0.3) is 0 Å². The third-order valence-electron chi connectivity index (χ3n) is 2.71. The van der Waals surface area contributed by atoms with Gasteiger partial charge >= 0.3 is 5.97 Å². The summed E-state index contributed by atoms with van der Waals surface area (Å²) in [7, 11) is 4.13. The van der Waals surface area contributed by atoms with Crippen LogP contribution in [0.1, 0.15) is 24.8 Å². The molecule has 0 fully saturated rings. The van der Waals surface area contributed by atoms with Crippen molar-refractivity contribution in [2.45, 2.75) is 19.3 Å². The normalized spacial score (nSPS) is 11.1. The second-order valence-corrected chi connectivity index (χ2v) is 4.78. The Kier molecular flexibility index (Phi) is 7.59. The molecule has 0 bridgehead atoms. The summed E-state index contributed by atoms with van der Waals surface area (Å²) in [5, 5.41) is 0. The fraction of sp³-hybridized carbons (Fsp3) is 0.438. The van der Waals surface area contributed by atoms with Crippen LogP contribution in [-0.2, 0) is 9.53 Å². The summed E-state index contributed by atoms with van der Waals surface area (Å²) in [6.07, 6.45) is 6.42. The molecule has 0 radical (unpaired) electrons. The van der Waals surface area contributed by atoms with Gasteiger partial charge in [-0.25, -0.2) is 4.79 Å². The minimum Gasteiger partial charge on any atom is -0.463 e. The Hall–Kier alpha value is -1.61.